The first-order valence-corrected chi connectivity index (χ1v) is 8.95. The van der Waals surface area contributed by atoms with Gasteiger partial charge in [0.1, 0.15) is 28.6 Å². The van der Waals surface area contributed by atoms with Gasteiger partial charge in [0.2, 0.25) is 0 Å². The van der Waals surface area contributed by atoms with Crippen LogP contribution in [-0.2, 0) is 6.42 Å². The van der Waals surface area contributed by atoms with Crippen LogP contribution in [0.3, 0.4) is 0 Å². The molecule has 0 amide bonds. The highest BCUT2D eigenvalue weighted by molar-refractivity contribution is 7.09. The van der Waals surface area contributed by atoms with Crippen molar-refractivity contribution in [2.45, 2.75) is 13.3 Å². The first kappa shape index (κ1) is 17.1. The molecule has 0 radical (unpaired) electrons. The minimum atomic E-state index is -0.100. The highest BCUT2D eigenvalue weighted by atomic mass is 32.1. The van der Waals surface area contributed by atoms with Crippen LogP contribution < -0.4 is 9.47 Å². The van der Waals surface area contributed by atoms with Crippen molar-refractivity contribution in [1.29, 1.82) is 0 Å². The van der Waals surface area contributed by atoms with Gasteiger partial charge in [-0.3, -0.25) is 14.2 Å². The maximum absolute atomic E-state index is 12.8. The van der Waals surface area contributed by atoms with Crippen molar-refractivity contribution in [3.8, 4) is 17.2 Å². The van der Waals surface area contributed by atoms with Gasteiger partial charge in [-0.1, -0.05) is 0 Å². The number of aromatic nitrogens is 5. The summed E-state index contributed by atoms with van der Waals surface area (Å²) in [6, 6.07) is 3.37. The SMILES string of the molecule is COc1cncc(Oc2cc(C(=O)Cc3nc(C)cs3)c3nncn3c2)c1. The number of thiazole rings is 1. The zero-order valence-corrected chi connectivity index (χ0v) is 15.4. The number of carbonyl (C=O) groups is 1. The van der Waals surface area contributed by atoms with Gasteiger partial charge in [0.15, 0.2) is 11.4 Å². The van der Waals surface area contributed by atoms with Crippen LogP contribution in [0, 0.1) is 6.92 Å². The molecule has 4 aromatic rings. The van der Waals surface area contributed by atoms with Crippen LogP contribution in [0.25, 0.3) is 5.65 Å². The number of aryl methyl sites for hydroxylation is 1. The molecule has 0 saturated heterocycles. The minimum Gasteiger partial charge on any atom is -0.495 e. The lowest BCUT2D eigenvalue weighted by atomic mass is 10.1. The van der Waals surface area contributed by atoms with Crippen molar-refractivity contribution < 1.29 is 14.3 Å². The fourth-order valence-electron chi connectivity index (χ4n) is 2.59. The molecule has 0 atom stereocenters. The molecular weight excluding hydrogens is 366 g/mol. The maximum atomic E-state index is 12.8. The summed E-state index contributed by atoms with van der Waals surface area (Å²) in [5.41, 5.74) is 1.80. The Labute approximate surface area is 158 Å². The maximum Gasteiger partial charge on any atom is 0.173 e. The second kappa shape index (κ2) is 7.12. The van der Waals surface area contributed by atoms with E-state index in [9.17, 15) is 4.79 Å². The number of Topliss-reactive ketones (excluding diaryl/α,β-unsaturated/α-hetero) is 1. The zero-order chi connectivity index (χ0) is 18.8. The molecule has 0 N–H and O–H groups in total. The first-order chi connectivity index (χ1) is 13.1. The Balaban J connectivity index is 1.67. The summed E-state index contributed by atoms with van der Waals surface area (Å²) < 4.78 is 12.7. The number of methoxy groups -OCH3 is 1. The van der Waals surface area contributed by atoms with Crippen molar-refractivity contribution in [3.63, 3.8) is 0 Å². The fourth-order valence-corrected chi connectivity index (χ4v) is 3.36. The first-order valence-electron chi connectivity index (χ1n) is 8.07. The molecule has 0 aliphatic rings. The molecule has 0 bridgehead atoms. The zero-order valence-electron chi connectivity index (χ0n) is 14.6. The van der Waals surface area contributed by atoms with Crippen LogP contribution in [-0.4, -0.2) is 37.5 Å². The monoisotopic (exact) mass is 381 g/mol. The lowest BCUT2D eigenvalue weighted by Gasteiger charge is -2.09. The molecule has 0 spiro atoms. The summed E-state index contributed by atoms with van der Waals surface area (Å²) in [6.07, 6.45) is 6.58. The van der Waals surface area contributed by atoms with Gasteiger partial charge < -0.3 is 9.47 Å². The van der Waals surface area contributed by atoms with E-state index in [1.54, 1.807) is 42.2 Å². The number of carbonyl (C=O) groups excluding carboxylic acids is 1. The van der Waals surface area contributed by atoms with E-state index in [2.05, 4.69) is 20.2 Å². The molecule has 27 heavy (non-hydrogen) atoms. The second-order valence-electron chi connectivity index (χ2n) is 5.80. The number of pyridine rings is 2. The van der Waals surface area contributed by atoms with Crippen LogP contribution in [0.1, 0.15) is 21.1 Å². The van der Waals surface area contributed by atoms with Crippen molar-refractivity contribution in [1.82, 2.24) is 24.6 Å². The van der Waals surface area contributed by atoms with Crippen LogP contribution >= 0.6 is 11.3 Å². The third kappa shape index (κ3) is 3.63. The number of hydrogen-bond acceptors (Lipinski definition) is 8. The number of fused-ring (bicyclic) bond motifs is 1. The molecule has 0 unspecified atom stereocenters. The van der Waals surface area contributed by atoms with Gasteiger partial charge >= 0.3 is 0 Å². The summed E-state index contributed by atoms with van der Waals surface area (Å²) in [4.78, 5) is 21.3. The van der Waals surface area contributed by atoms with Crippen molar-refractivity contribution in [3.05, 3.63) is 58.7 Å². The minimum absolute atomic E-state index is 0.100. The predicted octanol–water partition coefficient (Wildman–Crippen LogP) is 3.12. The van der Waals surface area contributed by atoms with Crippen LogP contribution in [0.15, 0.2) is 42.4 Å². The molecule has 0 fully saturated rings. The average molecular weight is 381 g/mol. The van der Waals surface area contributed by atoms with E-state index in [0.29, 0.717) is 28.5 Å². The molecule has 136 valence electrons. The molecule has 4 aromatic heterocycles. The Bertz CT molecular complexity index is 1120. The van der Waals surface area contributed by atoms with Crippen molar-refractivity contribution in [2.75, 3.05) is 7.11 Å². The van der Waals surface area contributed by atoms with Gasteiger partial charge in [0.05, 0.1) is 37.7 Å². The van der Waals surface area contributed by atoms with Crippen LogP contribution in [0.2, 0.25) is 0 Å². The van der Waals surface area contributed by atoms with Crippen LogP contribution in [0.5, 0.6) is 17.2 Å². The predicted molar refractivity (Wildman–Crippen MR) is 98.7 cm³/mol. The Morgan fingerprint density at radius 3 is 2.85 bits per heavy atom. The van der Waals surface area contributed by atoms with E-state index in [1.165, 1.54) is 17.7 Å². The highest BCUT2D eigenvalue weighted by Gasteiger charge is 2.17. The van der Waals surface area contributed by atoms with E-state index < -0.39 is 0 Å². The molecular formula is C18H15N5O3S. The Morgan fingerprint density at radius 2 is 2.07 bits per heavy atom. The van der Waals surface area contributed by atoms with Gasteiger partial charge in [0.25, 0.3) is 0 Å². The van der Waals surface area contributed by atoms with Crippen molar-refractivity contribution >= 4 is 22.8 Å². The van der Waals surface area contributed by atoms with E-state index in [0.717, 1.165) is 10.7 Å². The topological polar surface area (TPSA) is 91.5 Å². The largest absolute Gasteiger partial charge is 0.495 e. The van der Waals surface area contributed by atoms with E-state index in [1.807, 2.05) is 12.3 Å². The third-order valence-electron chi connectivity index (χ3n) is 3.81. The lowest BCUT2D eigenvalue weighted by molar-refractivity contribution is 0.0993. The summed E-state index contributed by atoms with van der Waals surface area (Å²) in [5.74, 6) is 1.44. The number of nitrogens with zero attached hydrogens (tertiary/aromatic N) is 5. The normalized spacial score (nSPS) is 10.9. The molecule has 0 aliphatic heterocycles. The summed E-state index contributed by atoms with van der Waals surface area (Å²) in [5, 5.41) is 10.6. The number of ether oxygens (including phenoxy) is 2. The molecule has 0 aromatic carbocycles. The molecule has 4 heterocycles. The van der Waals surface area contributed by atoms with Crippen LogP contribution in [0.4, 0.5) is 0 Å². The average Bonchev–Trinajstić information content (AvgIpc) is 3.29. The Hall–Kier alpha value is -3.33. The Morgan fingerprint density at radius 1 is 1.22 bits per heavy atom. The van der Waals surface area contributed by atoms with E-state index >= 15 is 0 Å². The van der Waals surface area contributed by atoms with Gasteiger partial charge in [-0.15, -0.1) is 21.5 Å². The van der Waals surface area contributed by atoms with E-state index in [-0.39, 0.29) is 12.2 Å². The highest BCUT2D eigenvalue weighted by Crippen LogP contribution is 2.26. The van der Waals surface area contributed by atoms with Gasteiger partial charge in [-0.05, 0) is 13.0 Å². The quantitative estimate of drug-likeness (QED) is 0.474. The Kier molecular flexibility index (Phi) is 4.51. The smallest absolute Gasteiger partial charge is 0.173 e. The lowest BCUT2D eigenvalue weighted by Crippen LogP contribution is -2.07. The summed E-state index contributed by atoms with van der Waals surface area (Å²) in [6.45, 7) is 1.90. The van der Waals surface area contributed by atoms with Gasteiger partial charge in [0, 0.05) is 17.1 Å². The second-order valence-corrected chi connectivity index (χ2v) is 6.74. The van der Waals surface area contributed by atoms with Gasteiger partial charge in [-0.25, -0.2) is 4.98 Å². The molecule has 0 aliphatic carbocycles. The summed E-state index contributed by atoms with van der Waals surface area (Å²) in [7, 11) is 1.56. The molecule has 0 saturated carbocycles. The number of rotatable bonds is 6. The summed E-state index contributed by atoms with van der Waals surface area (Å²) >= 11 is 1.46. The number of hydrogen-bond donors (Lipinski definition) is 0. The van der Waals surface area contributed by atoms with E-state index in [4.69, 9.17) is 9.47 Å². The fraction of sp³-hybridized carbons (Fsp3) is 0.167. The van der Waals surface area contributed by atoms with Gasteiger partial charge in [-0.2, -0.15) is 0 Å². The number of ketones is 1. The molecule has 8 nitrogen and oxygen atoms in total. The van der Waals surface area contributed by atoms with Crippen molar-refractivity contribution in [2.24, 2.45) is 0 Å². The molecule has 9 heteroatoms. The third-order valence-corrected chi connectivity index (χ3v) is 4.77. The molecule has 4 rings (SSSR count). The standard InChI is InChI=1S/C18H15N5O3S/c1-11-9-27-17(21-11)5-16(24)15-4-14(8-23-10-20-22-18(15)23)26-13-3-12(25-2)6-19-7-13/h3-4,6-10H,5H2,1-2H3.